The van der Waals surface area contributed by atoms with E-state index in [4.69, 9.17) is 5.11 Å². The van der Waals surface area contributed by atoms with Crippen molar-refractivity contribution in [3.8, 4) is 0 Å². The number of carbonyl (C=O) groups is 2. The number of hydrogen-bond acceptors (Lipinski definition) is 3. The van der Waals surface area contributed by atoms with Gasteiger partial charge in [0.15, 0.2) is 0 Å². The van der Waals surface area contributed by atoms with E-state index in [2.05, 4.69) is 10.3 Å². The van der Waals surface area contributed by atoms with Crippen molar-refractivity contribution < 1.29 is 14.7 Å². The third kappa shape index (κ3) is 2.03. The maximum atomic E-state index is 12.3. The van der Waals surface area contributed by atoms with Gasteiger partial charge in [0.2, 0.25) is 5.91 Å². The second-order valence-electron chi connectivity index (χ2n) is 6.59. The number of carboxylic acid groups (broad SMARTS) is 1. The summed E-state index contributed by atoms with van der Waals surface area (Å²) in [6, 6.07) is 3.17. The predicted octanol–water partition coefficient (Wildman–Crippen LogP) is 1.69. The summed E-state index contributed by atoms with van der Waals surface area (Å²) in [4.78, 5) is 26.8. The number of carboxylic acids is 1. The molecule has 4 atom stereocenters. The van der Waals surface area contributed by atoms with E-state index in [-0.39, 0.29) is 17.5 Å². The normalized spacial score (nSPS) is 35.3. The van der Waals surface area contributed by atoms with E-state index in [9.17, 15) is 9.59 Å². The van der Waals surface area contributed by atoms with Crippen molar-refractivity contribution in [3.05, 3.63) is 29.6 Å². The monoisotopic (exact) mass is 286 g/mol. The molecule has 110 valence electrons. The zero-order valence-corrected chi connectivity index (χ0v) is 11.7. The zero-order valence-electron chi connectivity index (χ0n) is 11.7. The standard InChI is InChI=1S/C16H18N2O3/c19-15(14-12-9-2-3-10(5-9)13(12)14)18-7-8-1-4-11(16(20)21)17-6-8/h1,4,6,9-10,12-14H,2-3,5,7H2,(H,18,19)(H,20,21). The van der Waals surface area contributed by atoms with E-state index in [1.165, 1.54) is 31.5 Å². The van der Waals surface area contributed by atoms with Gasteiger partial charge in [-0.05, 0) is 54.6 Å². The number of nitrogens with zero attached hydrogens (tertiary/aromatic N) is 1. The van der Waals surface area contributed by atoms with Crippen LogP contribution in [-0.4, -0.2) is 22.0 Å². The van der Waals surface area contributed by atoms with Crippen molar-refractivity contribution in [2.24, 2.45) is 29.6 Å². The minimum Gasteiger partial charge on any atom is -0.477 e. The fourth-order valence-corrected chi connectivity index (χ4v) is 4.64. The van der Waals surface area contributed by atoms with Crippen LogP contribution in [0.5, 0.6) is 0 Å². The minimum atomic E-state index is -1.04. The summed E-state index contributed by atoms with van der Waals surface area (Å²) in [7, 11) is 0. The van der Waals surface area contributed by atoms with Crippen LogP contribution in [0.1, 0.15) is 35.3 Å². The molecule has 3 aliphatic carbocycles. The smallest absolute Gasteiger partial charge is 0.354 e. The molecule has 1 aromatic heterocycles. The van der Waals surface area contributed by atoms with E-state index in [1.54, 1.807) is 6.07 Å². The molecule has 1 aromatic rings. The van der Waals surface area contributed by atoms with Gasteiger partial charge in [0.25, 0.3) is 0 Å². The predicted molar refractivity (Wildman–Crippen MR) is 74.3 cm³/mol. The lowest BCUT2D eigenvalue weighted by molar-refractivity contribution is -0.123. The molecule has 4 rings (SSSR count). The molecule has 3 aliphatic rings. The number of aromatic nitrogens is 1. The first-order valence-electron chi connectivity index (χ1n) is 7.61. The maximum Gasteiger partial charge on any atom is 0.354 e. The third-order valence-corrected chi connectivity index (χ3v) is 5.55. The van der Waals surface area contributed by atoms with Gasteiger partial charge in [0.1, 0.15) is 5.69 Å². The summed E-state index contributed by atoms with van der Waals surface area (Å²) in [5, 5.41) is 11.8. The Morgan fingerprint density at radius 2 is 1.95 bits per heavy atom. The molecule has 1 amide bonds. The molecule has 3 saturated carbocycles. The highest BCUT2D eigenvalue weighted by Crippen LogP contribution is 2.69. The van der Waals surface area contributed by atoms with Gasteiger partial charge in [-0.15, -0.1) is 0 Å². The van der Waals surface area contributed by atoms with Crippen LogP contribution in [-0.2, 0) is 11.3 Å². The third-order valence-electron chi connectivity index (χ3n) is 5.55. The second-order valence-corrected chi connectivity index (χ2v) is 6.59. The lowest BCUT2D eigenvalue weighted by Gasteiger charge is -2.09. The molecule has 2 bridgehead atoms. The van der Waals surface area contributed by atoms with Crippen molar-refractivity contribution in [2.75, 3.05) is 0 Å². The van der Waals surface area contributed by atoms with Gasteiger partial charge in [-0.3, -0.25) is 4.79 Å². The molecule has 0 saturated heterocycles. The average molecular weight is 286 g/mol. The molecule has 0 spiro atoms. The van der Waals surface area contributed by atoms with E-state index >= 15 is 0 Å². The summed E-state index contributed by atoms with van der Waals surface area (Å²) in [5.74, 6) is 2.27. The summed E-state index contributed by atoms with van der Waals surface area (Å²) >= 11 is 0. The molecule has 0 radical (unpaired) electrons. The fraction of sp³-hybridized carbons (Fsp3) is 0.562. The molecule has 1 heterocycles. The van der Waals surface area contributed by atoms with Crippen molar-refractivity contribution in [1.29, 1.82) is 0 Å². The first kappa shape index (κ1) is 12.8. The van der Waals surface area contributed by atoms with Gasteiger partial charge in [-0.2, -0.15) is 0 Å². The Morgan fingerprint density at radius 3 is 2.52 bits per heavy atom. The molecule has 0 aliphatic heterocycles. The topological polar surface area (TPSA) is 79.3 Å². The quantitative estimate of drug-likeness (QED) is 0.882. The molecule has 5 heteroatoms. The molecule has 0 aromatic carbocycles. The summed E-state index contributed by atoms with van der Waals surface area (Å²) in [6.45, 7) is 0.428. The van der Waals surface area contributed by atoms with Crippen molar-refractivity contribution in [1.82, 2.24) is 10.3 Å². The molecule has 5 nitrogen and oxygen atoms in total. The number of fused-ring (bicyclic) bond motifs is 5. The van der Waals surface area contributed by atoms with Gasteiger partial charge < -0.3 is 10.4 Å². The maximum absolute atomic E-state index is 12.3. The van der Waals surface area contributed by atoms with Crippen LogP contribution in [0.25, 0.3) is 0 Å². The highest BCUT2D eigenvalue weighted by molar-refractivity contribution is 5.85. The van der Waals surface area contributed by atoms with E-state index in [0.29, 0.717) is 18.4 Å². The van der Waals surface area contributed by atoms with Crippen LogP contribution in [0.4, 0.5) is 0 Å². The Labute approximate surface area is 122 Å². The fourth-order valence-electron chi connectivity index (χ4n) is 4.64. The van der Waals surface area contributed by atoms with Crippen molar-refractivity contribution >= 4 is 11.9 Å². The molecule has 4 unspecified atom stereocenters. The Bertz CT molecular complexity index is 582. The summed E-state index contributed by atoms with van der Waals surface area (Å²) < 4.78 is 0. The largest absolute Gasteiger partial charge is 0.477 e. The van der Waals surface area contributed by atoms with Gasteiger partial charge >= 0.3 is 5.97 Å². The zero-order chi connectivity index (χ0) is 14.6. The van der Waals surface area contributed by atoms with E-state index in [1.807, 2.05) is 0 Å². The molecular formula is C16H18N2O3. The first-order valence-corrected chi connectivity index (χ1v) is 7.61. The number of amides is 1. The number of carbonyl (C=O) groups excluding carboxylic acids is 1. The molecule has 2 N–H and O–H groups in total. The number of aromatic carboxylic acids is 1. The SMILES string of the molecule is O=C(O)c1ccc(CNC(=O)C2C3C4CCC(C4)C23)cn1. The Balaban J connectivity index is 1.33. The van der Waals surface area contributed by atoms with Crippen LogP contribution in [0.3, 0.4) is 0 Å². The second kappa shape index (κ2) is 4.55. The van der Waals surface area contributed by atoms with Crippen LogP contribution in [0.15, 0.2) is 18.3 Å². The Hall–Kier alpha value is -1.91. The number of rotatable bonds is 4. The van der Waals surface area contributed by atoms with Gasteiger partial charge in [-0.25, -0.2) is 9.78 Å². The molecular weight excluding hydrogens is 268 g/mol. The Morgan fingerprint density at radius 1 is 1.24 bits per heavy atom. The highest BCUT2D eigenvalue weighted by atomic mass is 16.4. The van der Waals surface area contributed by atoms with Crippen molar-refractivity contribution in [2.45, 2.75) is 25.8 Å². The molecule has 3 fully saturated rings. The van der Waals surface area contributed by atoms with Gasteiger partial charge in [0.05, 0.1) is 0 Å². The Kier molecular flexibility index (Phi) is 2.77. The van der Waals surface area contributed by atoms with Crippen molar-refractivity contribution in [3.63, 3.8) is 0 Å². The van der Waals surface area contributed by atoms with Gasteiger partial charge in [-0.1, -0.05) is 6.07 Å². The van der Waals surface area contributed by atoms with Crippen LogP contribution in [0.2, 0.25) is 0 Å². The van der Waals surface area contributed by atoms with Gasteiger partial charge in [0, 0.05) is 18.7 Å². The van der Waals surface area contributed by atoms with E-state index < -0.39 is 5.97 Å². The van der Waals surface area contributed by atoms with Crippen LogP contribution >= 0.6 is 0 Å². The highest BCUT2D eigenvalue weighted by Gasteiger charge is 2.67. The summed E-state index contributed by atoms with van der Waals surface area (Å²) in [6.07, 6.45) is 5.49. The summed E-state index contributed by atoms with van der Waals surface area (Å²) in [5.41, 5.74) is 0.862. The van der Waals surface area contributed by atoms with Crippen LogP contribution < -0.4 is 5.32 Å². The van der Waals surface area contributed by atoms with Crippen LogP contribution in [0, 0.1) is 29.6 Å². The first-order chi connectivity index (χ1) is 10.1. The lowest BCUT2D eigenvalue weighted by Crippen LogP contribution is -2.27. The minimum absolute atomic E-state index is 0.0263. The number of hydrogen-bond donors (Lipinski definition) is 2. The molecule has 21 heavy (non-hydrogen) atoms. The number of pyridine rings is 1. The lowest BCUT2D eigenvalue weighted by atomic mass is 10.0. The average Bonchev–Trinajstić information content (AvgIpc) is 2.93. The van der Waals surface area contributed by atoms with E-state index in [0.717, 1.165) is 17.4 Å². The number of nitrogens with one attached hydrogen (secondary N) is 1.